The Morgan fingerprint density at radius 1 is 0.833 bits per heavy atom. The SMILES string of the molecule is Cc1nc(Nc2c(C(C)C)cccc2C(C)C)cc(NC(C)C)n1. The summed E-state index contributed by atoms with van der Waals surface area (Å²) in [7, 11) is 0. The van der Waals surface area contributed by atoms with Gasteiger partial charge < -0.3 is 10.6 Å². The molecule has 0 radical (unpaired) electrons. The van der Waals surface area contributed by atoms with Crippen LogP contribution in [0.25, 0.3) is 0 Å². The number of benzene rings is 1. The first-order chi connectivity index (χ1) is 11.3. The van der Waals surface area contributed by atoms with Gasteiger partial charge in [0.25, 0.3) is 0 Å². The third-order valence-corrected chi connectivity index (χ3v) is 3.90. The molecule has 1 aromatic carbocycles. The topological polar surface area (TPSA) is 49.8 Å². The number of hydrogen-bond acceptors (Lipinski definition) is 4. The highest BCUT2D eigenvalue weighted by molar-refractivity contribution is 5.68. The second-order valence-corrected chi connectivity index (χ2v) is 7.23. The first-order valence-corrected chi connectivity index (χ1v) is 8.80. The van der Waals surface area contributed by atoms with Crippen molar-refractivity contribution in [1.29, 1.82) is 0 Å². The second kappa shape index (κ2) is 7.65. The Balaban J connectivity index is 2.45. The lowest BCUT2D eigenvalue weighted by molar-refractivity contribution is 0.837. The zero-order valence-electron chi connectivity index (χ0n) is 15.9. The molecule has 4 nitrogen and oxygen atoms in total. The Labute approximate surface area is 146 Å². The van der Waals surface area contributed by atoms with Crippen LogP contribution in [0.3, 0.4) is 0 Å². The molecule has 0 aliphatic heterocycles. The van der Waals surface area contributed by atoms with Gasteiger partial charge >= 0.3 is 0 Å². The van der Waals surface area contributed by atoms with Crippen molar-refractivity contribution in [1.82, 2.24) is 9.97 Å². The van der Waals surface area contributed by atoms with Crippen molar-refractivity contribution in [2.24, 2.45) is 0 Å². The fourth-order valence-corrected chi connectivity index (χ4v) is 2.82. The minimum absolute atomic E-state index is 0.335. The van der Waals surface area contributed by atoms with Crippen molar-refractivity contribution in [3.8, 4) is 0 Å². The summed E-state index contributed by atoms with van der Waals surface area (Å²) in [5.41, 5.74) is 3.81. The van der Waals surface area contributed by atoms with Gasteiger partial charge in [-0.1, -0.05) is 45.9 Å². The van der Waals surface area contributed by atoms with Crippen LogP contribution in [0.1, 0.15) is 70.3 Å². The van der Waals surface area contributed by atoms with Gasteiger partial charge in [0, 0.05) is 17.8 Å². The number of aryl methyl sites for hydroxylation is 1. The van der Waals surface area contributed by atoms with Gasteiger partial charge in [-0.05, 0) is 43.7 Å². The van der Waals surface area contributed by atoms with Crippen LogP contribution in [0.15, 0.2) is 24.3 Å². The van der Waals surface area contributed by atoms with E-state index >= 15 is 0 Å². The van der Waals surface area contributed by atoms with Crippen molar-refractivity contribution < 1.29 is 0 Å². The molecule has 1 aromatic heterocycles. The molecule has 0 aliphatic carbocycles. The number of hydrogen-bond donors (Lipinski definition) is 2. The minimum Gasteiger partial charge on any atom is -0.368 e. The Morgan fingerprint density at radius 3 is 1.88 bits per heavy atom. The van der Waals surface area contributed by atoms with Gasteiger partial charge in [0.2, 0.25) is 0 Å². The molecule has 0 amide bonds. The van der Waals surface area contributed by atoms with Crippen LogP contribution < -0.4 is 10.6 Å². The Bertz CT molecular complexity index is 664. The van der Waals surface area contributed by atoms with Gasteiger partial charge in [-0.25, -0.2) is 9.97 Å². The lowest BCUT2D eigenvalue weighted by atomic mass is 9.92. The summed E-state index contributed by atoms with van der Waals surface area (Å²) in [6, 6.07) is 8.85. The molecule has 0 unspecified atom stereocenters. The molecule has 130 valence electrons. The van der Waals surface area contributed by atoms with E-state index in [0.717, 1.165) is 17.5 Å². The predicted octanol–water partition coefficient (Wildman–Crippen LogP) is 5.60. The van der Waals surface area contributed by atoms with Crippen LogP contribution in [0.2, 0.25) is 0 Å². The van der Waals surface area contributed by atoms with E-state index in [2.05, 4.69) is 80.3 Å². The number of aromatic nitrogens is 2. The minimum atomic E-state index is 0.335. The molecular weight excluding hydrogens is 296 g/mol. The van der Waals surface area contributed by atoms with Gasteiger partial charge in [0.05, 0.1) is 0 Å². The van der Waals surface area contributed by atoms with Crippen molar-refractivity contribution >= 4 is 17.3 Å². The van der Waals surface area contributed by atoms with Crippen molar-refractivity contribution in [2.75, 3.05) is 10.6 Å². The molecule has 2 rings (SSSR count). The van der Waals surface area contributed by atoms with Crippen LogP contribution in [-0.2, 0) is 0 Å². The number of nitrogens with zero attached hydrogens (tertiary/aromatic N) is 2. The lowest BCUT2D eigenvalue weighted by Gasteiger charge is -2.21. The summed E-state index contributed by atoms with van der Waals surface area (Å²) in [5.74, 6) is 3.34. The fourth-order valence-electron chi connectivity index (χ4n) is 2.82. The summed E-state index contributed by atoms with van der Waals surface area (Å²) in [6.45, 7) is 15.0. The smallest absolute Gasteiger partial charge is 0.136 e. The summed E-state index contributed by atoms with van der Waals surface area (Å²) in [4.78, 5) is 9.04. The van der Waals surface area contributed by atoms with E-state index in [1.54, 1.807) is 0 Å². The van der Waals surface area contributed by atoms with Crippen molar-refractivity contribution in [3.63, 3.8) is 0 Å². The van der Waals surface area contributed by atoms with E-state index < -0.39 is 0 Å². The first kappa shape index (κ1) is 18.2. The maximum Gasteiger partial charge on any atom is 0.136 e. The molecule has 2 aromatic rings. The lowest BCUT2D eigenvalue weighted by Crippen LogP contribution is -2.13. The molecule has 4 heteroatoms. The zero-order valence-corrected chi connectivity index (χ0v) is 15.9. The van der Waals surface area contributed by atoms with Gasteiger partial charge in [0.15, 0.2) is 0 Å². The molecule has 0 saturated heterocycles. The summed E-state index contributed by atoms with van der Waals surface area (Å²) >= 11 is 0. The molecule has 0 fully saturated rings. The van der Waals surface area contributed by atoms with E-state index in [4.69, 9.17) is 0 Å². The van der Waals surface area contributed by atoms with Crippen LogP contribution >= 0.6 is 0 Å². The van der Waals surface area contributed by atoms with E-state index in [0.29, 0.717) is 17.9 Å². The standard InChI is InChI=1S/C20H30N4/c1-12(2)16-9-8-10-17(13(3)4)20(16)24-19-11-18(21-14(5)6)22-15(7)23-19/h8-14H,1-7H3,(H2,21,22,23,24). The highest BCUT2D eigenvalue weighted by Crippen LogP contribution is 2.34. The monoisotopic (exact) mass is 326 g/mol. The predicted molar refractivity (Wildman–Crippen MR) is 103 cm³/mol. The Hall–Kier alpha value is -2.10. The number of nitrogens with one attached hydrogen (secondary N) is 2. The van der Waals surface area contributed by atoms with Crippen LogP contribution in [-0.4, -0.2) is 16.0 Å². The molecule has 0 bridgehead atoms. The summed E-state index contributed by atoms with van der Waals surface area (Å²) < 4.78 is 0. The molecular formula is C20H30N4. The van der Waals surface area contributed by atoms with E-state index in [-0.39, 0.29) is 0 Å². The first-order valence-electron chi connectivity index (χ1n) is 8.80. The quantitative estimate of drug-likeness (QED) is 0.726. The van der Waals surface area contributed by atoms with E-state index in [1.165, 1.54) is 16.8 Å². The van der Waals surface area contributed by atoms with E-state index in [9.17, 15) is 0 Å². The molecule has 2 N–H and O–H groups in total. The zero-order chi connectivity index (χ0) is 17.9. The summed E-state index contributed by atoms with van der Waals surface area (Å²) in [6.07, 6.45) is 0. The molecule has 0 atom stereocenters. The highest BCUT2D eigenvalue weighted by Gasteiger charge is 2.15. The highest BCUT2D eigenvalue weighted by atomic mass is 15.1. The van der Waals surface area contributed by atoms with Gasteiger partial charge in [-0.2, -0.15) is 0 Å². The number of rotatable bonds is 6. The van der Waals surface area contributed by atoms with Gasteiger partial charge in [-0.3, -0.25) is 0 Å². The second-order valence-electron chi connectivity index (χ2n) is 7.23. The largest absolute Gasteiger partial charge is 0.368 e. The van der Waals surface area contributed by atoms with Crippen LogP contribution in [0, 0.1) is 6.92 Å². The number of anilines is 3. The maximum absolute atomic E-state index is 4.58. The molecule has 0 spiro atoms. The fraction of sp³-hybridized carbons (Fsp3) is 0.500. The average molecular weight is 326 g/mol. The molecule has 0 saturated carbocycles. The molecule has 0 aliphatic rings. The Morgan fingerprint density at radius 2 is 1.38 bits per heavy atom. The third-order valence-electron chi connectivity index (χ3n) is 3.90. The summed E-state index contributed by atoms with van der Waals surface area (Å²) in [5, 5.41) is 6.92. The maximum atomic E-state index is 4.58. The van der Waals surface area contributed by atoms with E-state index in [1.807, 2.05) is 13.0 Å². The normalized spacial score (nSPS) is 11.4. The number of para-hydroxylation sites is 1. The van der Waals surface area contributed by atoms with Crippen LogP contribution in [0.4, 0.5) is 17.3 Å². The third kappa shape index (κ3) is 4.47. The molecule has 24 heavy (non-hydrogen) atoms. The van der Waals surface area contributed by atoms with Crippen molar-refractivity contribution in [3.05, 3.63) is 41.2 Å². The van der Waals surface area contributed by atoms with Gasteiger partial charge in [-0.15, -0.1) is 0 Å². The van der Waals surface area contributed by atoms with Crippen molar-refractivity contribution in [2.45, 2.75) is 66.3 Å². The molecule has 1 heterocycles. The Kier molecular flexibility index (Phi) is 5.81. The van der Waals surface area contributed by atoms with Crippen LogP contribution in [0.5, 0.6) is 0 Å². The van der Waals surface area contributed by atoms with Gasteiger partial charge in [0.1, 0.15) is 17.5 Å². The average Bonchev–Trinajstić information content (AvgIpc) is 2.45.